The van der Waals surface area contributed by atoms with Crippen LogP contribution in [0.25, 0.3) is 0 Å². The minimum Gasteiger partial charge on any atom is -0.313 e. The molecule has 0 radical (unpaired) electrons. The van der Waals surface area contributed by atoms with Crippen molar-refractivity contribution < 1.29 is 12.6 Å². The largest absolute Gasteiger partial charge is 0.313 e. The molecule has 0 fully saturated rings. The molecule has 6 heteroatoms. The molecule has 0 aromatic heterocycles. The second kappa shape index (κ2) is 6.53. The van der Waals surface area contributed by atoms with Crippen molar-refractivity contribution in [1.82, 2.24) is 5.32 Å². The first-order chi connectivity index (χ1) is 6.31. The minimum absolute atomic E-state index is 0.159. The van der Waals surface area contributed by atoms with Crippen LogP contribution >= 0.6 is 0 Å². The number of sulfone groups is 1. The summed E-state index contributed by atoms with van der Waals surface area (Å²) in [6.45, 7) is 2.44. The van der Waals surface area contributed by atoms with E-state index in [1.165, 1.54) is 6.26 Å². The smallest absolute Gasteiger partial charge is 0.148 e. The van der Waals surface area contributed by atoms with Gasteiger partial charge in [-0.3, -0.25) is 4.21 Å². The van der Waals surface area contributed by atoms with Gasteiger partial charge in [-0.2, -0.15) is 0 Å². The number of hydrogen-bond acceptors (Lipinski definition) is 4. The molecule has 0 aromatic carbocycles. The van der Waals surface area contributed by atoms with E-state index in [4.69, 9.17) is 0 Å². The lowest BCUT2D eigenvalue weighted by molar-refractivity contribution is 0.546. The molecule has 0 aliphatic heterocycles. The molecule has 2 unspecified atom stereocenters. The van der Waals surface area contributed by atoms with Gasteiger partial charge in [0.2, 0.25) is 0 Å². The highest BCUT2D eigenvalue weighted by atomic mass is 32.2. The average molecular weight is 241 g/mol. The Morgan fingerprint density at radius 1 is 1.43 bits per heavy atom. The van der Waals surface area contributed by atoms with Crippen molar-refractivity contribution in [1.29, 1.82) is 0 Å². The van der Waals surface area contributed by atoms with E-state index in [1.54, 1.807) is 6.26 Å². The highest BCUT2D eigenvalue weighted by Gasteiger charge is 2.05. The van der Waals surface area contributed by atoms with Crippen LogP contribution in [0.3, 0.4) is 0 Å². The fourth-order valence-corrected chi connectivity index (χ4v) is 2.11. The van der Waals surface area contributed by atoms with Crippen molar-refractivity contribution in [2.24, 2.45) is 0 Å². The van der Waals surface area contributed by atoms with Gasteiger partial charge in [0.15, 0.2) is 0 Å². The van der Waals surface area contributed by atoms with Crippen molar-refractivity contribution in [3.63, 3.8) is 0 Å². The fraction of sp³-hybridized carbons (Fsp3) is 1.00. The maximum Gasteiger partial charge on any atom is 0.148 e. The van der Waals surface area contributed by atoms with Gasteiger partial charge in [-0.25, -0.2) is 8.42 Å². The molecule has 2 atom stereocenters. The van der Waals surface area contributed by atoms with Gasteiger partial charge in [-0.05, 0) is 13.3 Å². The predicted octanol–water partition coefficient (Wildman–Crippen LogP) is -0.222. The quantitative estimate of drug-likeness (QED) is 0.669. The fourth-order valence-electron chi connectivity index (χ4n) is 0.936. The van der Waals surface area contributed by atoms with Crippen LogP contribution in [-0.2, 0) is 20.6 Å². The molecular weight excluding hydrogens is 222 g/mol. The van der Waals surface area contributed by atoms with E-state index in [2.05, 4.69) is 5.32 Å². The molecule has 0 saturated carbocycles. The minimum atomic E-state index is -2.87. The van der Waals surface area contributed by atoms with Crippen LogP contribution in [0.2, 0.25) is 0 Å². The average Bonchev–Trinajstić information content (AvgIpc) is 1.98. The second-order valence-electron chi connectivity index (χ2n) is 3.55. The van der Waals surface area contributed by atoms with Crippen molar-refractivity contribution >= 4 is 20.6 Å². The Morgan fingerprint density at radius 3 is 2.43 bits per heavy atom. The van der Waals surface area contributed by atoms with E-state index in [0.29, 0.717) is 12.3 Å². The van der Waals surface area contributed by atoms with Crippen molar-refractivity contribution in [3.05, 3.63) is 0 Å². The first-order valence-corrected chi connectivity index (χ1v) is 8.31. The molecule has 4 nitrogen and oxygen atoms in total. The summed E-state index contributed by atoms with van der Waals surface area (Å²) in [6.07, 6.45) is 3.70. The summed E-state index contributed by atoms with van der Waals surface area (Å²) in [7, 11) is -3.64. The zero-order chi connectivity index (χ0) is 11.2. The molecule has 1 N–H and O–H groups in total. The highest BCUT2D eigenvalue weighted by molar-refractivity contribution is 7.90. The topological polar surface area (TPSA) is 63.2 Å². The molecule has 0 saturated heterocycles. The van der Waals surface area contributed by atoms with Crippen LogP contribution < -0.4 is 5.32 Å². The Morgan fingerprint density at radius 2 is 2.00 bits per heavy atom. The summed E-state index contributed by atoms with van der Waals surface area (Å²) < 4.78 is 32.3. The van der Waals surface area contributed by atoms with E-state index < -0.39 is 20.6 Å². The molecule has 0 aliphatic carbocycles. The monoisotopic (exact) mass is 241 g/mol. The molecule has 0 amide bonds. The summed E-state index contributed by atoms with van der Waals surface area (Å²) in [4.78, 5) is 0. The van der Waals surface area contributed by atoms with E-state index in [0.717, 1.165) is 6.42 Å². The Labute approximate surface area is 88.8 Å². The van der Waals surface area contributed by atoms with Gasteiger partial charge in [0.1, 0.15) is 9.84 Å². The van der Waals surface area contributed by atoms with Crippen molar-refractivity contribution in [2.45, 2.75) is 19.4 Å². The lowest BCUT2D eigenvalue weighted by Gasteiger charge is -2.11. The number of hydrogen-bond donors (Lipinski definition) is 1. The third kappa shape index (κ3) is 10.1. The summed E-state index contributed by atoms with van der Waals surface area (Å²) in [5, 5.41) is 3.08. The van der Waals surface area contributed by atoms with E-state index in [-0.39, 0.29) is 11.8 Å². The van der Waals surface area contributed by atoms with Gasteiger partial charge < -0.3 is 5.32 Å². The maximum atomic E-state index is 10.8. The van der Waals surface area contributed by atoms with E-state index in [9.17, 15) is 12.6 Å². The first-order valence-electron chi connectivity index (χ1n) is 4.52. The van der Waals surface area contributed by atoms with Crippen LogP contribution in [0.15, 0.2) is 0 Å². The molecule has 0 spiro atoms. The lowest BCUT2D eigenvalue weighted by atomic mass is 10.3. The SMILES string of the molecule is CC(CCS(C)=O)NCCS(C)(=O)=O. The zero-order valence-corrected chi connectivity index (χ0v) is 10.6. The van der Waals surface area contributed by atoms with Gasteiger partial charge in [-0.1, -0.05) is 0 Å². The molecule has 0 bridgehead atoms. The van der Waals surface area contributed by atoms with Crippen molar-refractivity contribution in [3.8, 4) is 0 Å². The Bertz CT molecular complexity index is 274. The van der Waals surface area contributed by atoms with Gasteiger partial charge in [0, 0.05) is 41.7 Å². The van der Waals surface area contributed by atoms with Crippen LogP contribution in [0, 0.1) is 0 Å². The van der Waals surface area contributed by atoms with E-state index in [1.807, 2.05) is 6.92 Å². The van der Waals surface area contributed by atoms with Crippen molar-refractivity contribution in [2.75, 3.05) is 30.6 Å². The van der Waals surface area contributed by atoms with E-state index >= 15 is 0 Å². The van der Waals surface area contributed by atoms with Crippen LogP contribution in [-0.4, -0.2) is 49.2 Å². The van der Waals surface area contributed by atoms with Gasteiger partial charge in [0.05, 0.1) is 5.75 Å². The second-order valence-corrected chi connectivity index (χ2v) is 7.37. The number of rotatable bonds is 7. The summed E-state index contributed by atoms with van der Waals surface area (Å²) in [5.74, 6) is 0.819. The van der Waals surface area contributed by atoms with Crippen LogP contribution in [0.5, 0.6) is 0 Å². The number of nitrogens with one attached hydrogen (secondary N) is 1. The van der Waals surface area contributed by atoms with Gasteiger partial charge >= 0.3 is 0 Å². The molecule has 0 aromatic rings. The predicted molar refractivity (Wildman–Crippen MR) is 60.7 cm³/mol. The highest BCUT2D eigenvalue weighted by Crippen LogP contribution is 1.92. The molecular formula is C8H19NO3S2. The van der Waals surface area contributed by atoms with Gasteiger partial charge in [0.25, 0.3) is 0 Å². The lowest BCUT2D eigenvalue weighted by Crippen LogP contribution is -2.31. The molecule has 0 rings (SSSR count). The Kier molecular flexibility index (Phi) is 6.55. The Hall–Kier alpha value is 0.0600. The standard InChI is InChI=1S/C8H19NO3S2/c1-8(4-6-13(2)10)9-5-7-14(3,11)12/h8-9H,4-7H2,1-3H3. The van der Waals surface area contributed by atoms with Crippen LogP contribution in [0.4, 0.5) is 0 Å². The molecule has 0 heterocycles. The van der Waals surface area contributed by atoms with Gasteiger partial charge in [-0.15, -0.1) is 0 Å². The molecule has 0 aliphatic rings. The summed E-state index contributed by atoms with van der Waals surface area (Å²) in [5.41, 5.74) is 0. The zero-order valence-electron chi connectivity index (χ0n) is 8.95. The summed E-state index contributed by atoms with van der Waals surface area (Å²) in [6, 6.07) is 0.223. The maximum absolute atomic E-state index is 10.8. The molecule has 86 valence electrons. The molecule has 14 heavy (non-hydrogen) atoms. The normalized spacial score (nSPS) is 16.5. The third-order valence-corrected chi connectivity index (χ3v) is 3.56. The van der Waals surface area contributed by atoms with Crippen LogP contribution in [0.1, 0.15) is 13.3 Å². The Balaban J connectivity index is 3.54. The third-order valence-electron chi connectivity index (χ3n) is 1.80. The first kappa shape index (κ1) is 14.1. The summed E-state index contributed by atoms with van der Waals surface area (Å²) >= 11 is 0.